The van der Waals surface area contributed by atoms with Crippen LogP contribution in [-0.2, 0) is 6.42 Å². The molecule has 1 atom stereocenters. The van der Waals surface area contributed by atoms with E-state index in [1.165, 1.54) is 5.56 Å². The van der Waals surface area contributed by atoms with Crippen LogP contribution in [-0.4, -0.2) is 20.5 Å². The van der Waals surface area contributed by atoms with Crippen LogP contribution in [0.1, 0.15) is 57.5 Å². The van der Waals surface area contributed by atoms with Gasteiger partial charge in [-0.1, -0.05) is 6.07 Å². The molecule has 2 aromatic heterocycles. The van der Waals surface area contributed by atoms with Gasteiger partial charge < -0.3 is 11.1 Å². The normalized spacial score (nSPS) is 15.9. The molecule has 2 heterocycles. The van der Waals surface area contributed by atoms with E-state index in [1.54, 1.807) is 4.52 Å². The molecule has 3 N–H and O–H groups in total. The van der Waals surface area contributed by atoms with Gasteiger partial charge in [0, 0.05) is 17.1 Å². The van der Waals surface area contributed by atoms with Crippen LogP contribution in [0.15, 0.2) is 24.3 Å². The van der Waals surface area contributed by atoms with Crippen LogP contribution in [0.5, 0.6) is 0 Å². The smallest absolute Gasteiger partial charge is 0.257 e. The van der Waals surface area contributed by atoms with Crippen molar-refractivity contribution in [3.63, 3.8) is 0 Å². The molecule has 1 aliphatic carbocycles. The number of carbonyl (C=O) groups excluding carboxylic acids is 1. The molecule has 0 saturated carbocycles. The Bertz CT molecular complexity index is 1030. The van der Waals surface area contributed by atoms with Gasteiger partial charge in [0.05, 0.1) is 11.7 Å². The Hall–Kier alpha value is -2.60. The number of hydrogen-bond acceptors (Lipinski definition) is 4. The molecule has 27 heavy (non-hydrogen) atoms. The zero-order valence-electron chi connectivity index (χ0n) is 15.7. The second-order valence-electron chi connectivity index (χ2n) is 7.11. The molecule has 4 rings (SSSR count). The van der Waals surface area contributed by atoms with Crippen molar-refractivity contribution >= 4 is 29.6 Å². The van der Waals surface area contributed by atoms with Gasteiger partial charge >= 0.3 is 0 Å². The highest BCUT2D eigenvalue weighted by atomic mass is 35.5. The number of aromatic nitrogens is 3. The third kappa shape index (κ3) is 3.37. The molecule has 0 radical (unpaired) electrons. The van der Waals surface area contributed by atoms with Crippen LogP contribution < -0.4 is 11.1 Å². The zero-order chi connectivity index (χ0) is 18.4. The van der Waals surface area contributed by atoms with Gasteiger partial charge in [-0.15, -0.1) is 12.4 Å². The fraction of sp³-hybridized carbons (Fsp3) is 0.350. The van der Waals surface area contributed by atoms with Crippen LogP contribution in [0.4, 0.5) is 5.69 Å². The third-order valence-corrected chi connectivity index (χ3v) is 5.08. The van der Waals surface area contributed by atoms with E-state index >= 15 is 0 Å². The van der Waals surface area contributed by atoms with E-state index in [0.717, 1.165) is 41.9 Å². The number of anilines is 1. The molecule has 142 valence electrons. The molecule has 1 amide bonds. The van der Waals surface area contributed by atoms with Crippen LogP contribution in [0, 0.1) is 20.8 Å². The van der Waals surface area contributed by atoms with Gasteiger partial charge in [-0.3, -0.25) is 4.79 Å². The van der Waals surface area contributed by atoms with Crippen molar-refractivity contribution in [1.82, 2.24) is 19.9 Å². The number of fused-ring (bicyclic) bond motifs is 2. The van der Waals surface area contributed by atoms with Crippen molar-refractivity contribution < 1.29 is 4.79 Å². The number of amides is 1. The number of nitrogens with one attached hydrogen (secondary N) is 1. The largest absolute Gasteiger partial charge is 0.399 e. The molecule has 7 heteroatoms. The average molecular weight is 386 g/mol. The number of aryl methyl sites for hydroxylation is 4. The first kappa shape index (κ1) is 19.2. The molecular formula is C20H24ClN5O. The lowest BCUT2D eigenvalue weighted by atomic mass is 9.87. The molecule has 1 aromatic carbocycles. The van der Waals surface area contributed by atoms with E-state index in [9.17, 15) is 4.79 Å². The molecule has 6 nitrogen and oxygen atoms in total. The fourth-order valence-electron chi connectivity index (χ4n) is 3.91. The second kappa shape index (κ2) is 7.19. The minimum Gasteiger partial charge on any atom is -0.399 e. The first-order valence-corrected chi connectivity index (χ1v) is 8.97. The third-order valence-electron chi connectivity index (χ3n) is 5.08. The SMILES string of the molecule is Cc1cc(C)n2nc(C)c(C(=O)NC3CCCc4cc(N)ccc43)c2n1.Cl. The van der Waals surface area contributed by atoms with E-state index in [4.69, 9.17) is 5.73 Å². The number of hydrogen-bond donors (Lipinski definition) is 2. The van der Waals surface area contributed by atoms with Crippen molar-refractivity contribution in [2.75, 3.05) is 5.73 Å². The van der Waals surface area contributed by atoms with Gasteiger partial charge in [0.2, 0.25) is 0 Å². The quantitative estimate of drug-likeness (QED) is 0.661. The number of nitrogens with zero attached hydrogens (tertiary/aromatic N) is 3. The van der Waals surface area contributed by atoms with E-state index in [2.05, 4.69) is 15.4 Å². The number of carbonyl (C=O) groups is 1. The number of nitrogens with two attached hydrogens (primary N) is 1. The van der Waals surface area contributed by atoms with Gasteiger partial charge in [-0.2, -0.15) is 5.10 Å². The van der Waals surface area contributed by atoms with Crippen LogP contribution in [0.25, 0.3) is 5.65 Å². The summed E-state index contributed by atoms with van der Waals surface area (Å²) >= 11 is 0. The van der Waals surface area contributed by atoms with E-state index in [-0.39, 0.29) is 24.4 Å². The molecule has 1 unspecified atom stereocenters. The maximum atomic E-state index is 13.1. The van der Waals surface area contributed by atoms with E-state index in [1.807, 2.05) is 45.0 Å². The summed E-state index contributed by atoms with van der Waals surface area (Å²) in [7, 11) is 0. The number of rotatable bonds is 2. The Morgan fingerprint density at radius 1 is 1.26 bits per heavy atom. The van der Waals surface area contributed by atoms with Crippen LogP contribution in [0.3, 0.4) is 0 Å². The fourth-order valence-corrected chi connectivity index (χ4v) is 3.91. The number of halogens is 1. The Kier molecular flexibility index (Phi) is 5.11. The van der Waals surface area contributed by atoms with E-state index < -0.39 is 0 Å². The Morgan fingerprint density at radius 2 is 2.04 bits per heavy atom. The molecule has 0 fully saturated rings. The topological polar surface area (TPSA) is 85.3 Å². The van der Waals surface area contributed by atoms with Crippen molar-refractivity contribution in [3.8, 4) is 0 Å². The van der Waals surface area contributed by atoms with Crippen molar-refractivity contribution in [1.29, 1.82) is 0 Å². The summed E-state index contributed by atoms with van der Waals surface area (Å²) in [6.07, 6.45) is 2.96. The highest BCUT2D eigenvalue weighted by molar-refractivity contribution is 6.01. The van der Waals surface area contributed by atoms with Crippen LogP contribution >= 0.6 is 12.4 Å². The molecule has 3 aromatic rings. The first-order valence-electron chi connectivity index (χ1n) is 8.97. The Balaban J connectivity index is 0.00000210. The Labute approximate surface area is 164 Å². The van der Waals surface area contributed by atoms with E-state index in [0.29, 0.717) is 16.9 Å². The predicted molar refractivity (Wildman–Crippen MR) is 108 cm³/mol. The lowest BCUT2D eigenvalue weighted by Gasteiger charge is -2.26. The maximum absolute atomic E-state index is 13.1. The minimum absolute atomic E-state index is 0. The predicted octanol–water partition coefficient (Wildman–Crippen LogP) is 3.47. The monoisotopic (exact) mass is 385 g/mol. The van der Waals surface area contributed by atoms with Gasteiger partial charge in [0.15, 0.2) is 5.65 Å². The number of benzene rings is 1. The van der Waals surface area contributed by atoms with Crippen LogP contribution in [0.2, 0.25) is 0 Å². The van der Waals surface area contributed by atoms with Gasteiger partial charge in [-0.05, 0) is 69.4 Å². The van der Waals surface area contributed by atoms with Gasteiger partial charge in [0.25, 0.3) is 5.91 Å². The van der Waals surface area contributed by atoms with Crippen molar-refractivity contribution in [2.24, 2.45) is 0 Å². The molecule has 0 bridgehead atoms. The van der Waals surface area contributed by atoms with Gasteiger partial charge in [0.1, 0.15) is 5.56 Å². The summed E-state index contributed by atoms with van der Waals surface area (Å²) in [4.78, 5) is 17.6. The molecule has 1 aliphatic rings. The molecular weight excluding hydrogens is 362 g/mol. The summed E-state index contributed by atoms with van der Waals surface area (Å²) in [6.45, 7) is 5.75. The lowest BCUT2D eigenvalue weighted by Crippen LogP contribution is -2.31. The highest BCUT2D eigenvalue weighted by Crippen LogP contribution is 2.31. The minimum atomic E-state index is -0.121. The summed E-state index contributed by atoms with van der Waals surface area (Å²) in [5, 5.41) is 7.70. The molecule has 0 saturated heterocycles. The van der Waals surface area contributed by atoms with Crippen molar-refractivity contribution in [3.05, 3.63) is 58.0 Å². The lowest BCUT2D eigenvalue weighted by molar-refractivity contribution is 0.0933. The molecule has 0 aliphatic heterocycles. The standard InChI is InChI=1S/C20H23N5O.ClH/c1-11-9-12(2)25-19(22-11)18(13(3)24-25)20(26)23-17-6-4-5-14-10-15(21)7-8-16(14)17;/h7-10,17H,4-6,21H2,1-3H3,(H,23,26);1H. The average Bonchev–Trinajstić information content (AvgIpc) is 2.91. The summed E-state index contributed by atoms with van der Waals surface area (Å²) in [6, 6.07) is 7.90. The zero-order valence-corrected chi connectivity index (χ0v) is 16.6. The number of nitrogen functional groups attached to an aromatic ring is 1. The second-order valence-corrected chi connectivity index (χ2v) is 7.11. The summed E-state index contributed by atoms with van der Waals surface area (Å²) in [5.74, 6) is -0.121. The van der Waals surface area contributed by atoms with Crippen molar-refractivity contribution in [2.45, 2.75) is 46.1 Å². The summed E-state index contributed by atoms with van der Waals surface area (Å²) in [5.41, 5.74) is 12.8. The maximum Gasteiger partial charge on any atom is 0.257 e. The summed E-state index contributed by atoms with van der Waals surface area (Å²) < 4.78 is 1.74. The van der Waals surface area contributed by atoms with Gasteiger partial charge in [-0.25, -0.2) is 9.50 Å². The first-order chi connectivity index (χ1) is 12.4. The highest BCUT2D eigenvalue weighted by Gasteiger charge is 2.26. The Morgan fingerprint density at radius 3 is 2.81 bits per heavy atom. The molecule has 0 spiro atoms.